The zero-order chi connectivity index (χ0) is 16.9. The van der Waals surface area contributed by atoms with Crippen molar-refractivity contribution in [3.05, 3.63) is 28.2 Å². The number of ether oxygens (including phenoxy) is 1. The van der Waals surface area contributed by atoms with E-state index in [9.17, 15) is 4.79 Å². The van der Waals surface area contributed by atoms with E-state index in [1.807, 2.05) is 21.0 Å². The van der Waals surface area contributed by atoms with Crippen molar-refractivity contribution < 1.29 is 9.53 Å². The van der Waals surface area contributed by atoms with Gasteiger partial charge in [-0.15, -0.1) is 0 Å². The summed E-state index contributed by atoms with van der Waals surface area (Å²) in [4.78, 5) is 14.1. The zero-order valence-corrected chi connectivity index (χ0v) is 15.3. The molecule has 1 N–H and O–H groups in total. The minimum atomic E-state index is -0.185. The van der Waals surface area contributed by atoms with Crippen LogP contribution in [0, 0.1) is 5.41 Å². The van der Waals surface area contributed by atoms with Gasteiger partial charge in [-0.1, -0.05) is 37.0 Å². The third-order valence-electron chi connectivity index (χ3n) is 3.53. The first-order chi connectivity index (χ1) is 10.1. The second-order valence-electron chi connectivity index (χ2n) is 6.38. The monoisotopic (exact) mass is 346 g/mol. The van der Waals surface area contributed by atoms with Gasteiger partial charge in [0.25, 0.3) is 5.91 Å². The van der Waals surface area contributed by atoms with E-state index in [1.165, 1.54) is 0 Å². The first-order valence-electron chi connectivity index (χ1n) is 7.14. The number of carbonyl (C=O) groups excluding carboxylic acids is 1. The van der Waals surface area contributed by atoms with Gasteiger partial charge in [-0.05, 0) is 38.6 Å². The Kier molecular flexibility index (Phi) is 6.98. The van der Waals surface area contributed by atoms with Gasteiger partial charge in [-0.3, -0.25) is 4.79 Å². The standard InChI is InChI=1S/C16H24Cl2N2O2/c1-11(16(2,3)10-20(4)5)19-15(21)9-22-14-8-12(17)6-7-13(14)18/h6-8,11H,9-10H2,1-5H3,(H,19,21)/t11-/m0/s1. The van der Waals surface area contributed by atoms with Crippen LogP contribution in [0.2, 0.25) is 10.0 Å². The van der Waals surface area contributed by atoms with E-state index < -0.39 is 0 Å². The Balaban J connectivity index is 2.54. The molecule has 0 aliphatic heterocycles. The molecule has 1 aromatic carbocycles. The number of carbonyl (C=O) groups is 1. The Morgan fingerprint density at radius 2 is 2.00 bits per heavy atom. The molecule has 1 rings (SSSR count). The van der Waals surface area contributed by atoms with Crippen molar-refractivity contribution in [2.75, 3.05) is 27.2 Å². The number of rotatable bonds is 7. The van der Waals surface area contributed by atoms with Crippen LogP contribution < -0.4 is 10.1 Å². The predicted molar refractivity (Wildman–Crippen MR) is 91.9 cm³/mol. The van der Waals surface area contributed by atoms with Crippen molar-refractivity contribution in [2.24, 2.45) is 5.41 Å². The molecule has 0 fully saturated rings. The summed E-state index contributed by atoms with van der Waals surface area (Å²) < 4.78 is 5.44. The molecule has 0 unspecified atom stereocenters. The van der Waals surface area contributed by atoms with Crippen molar-refractivity contribution in [3.8, 4) is 5.75 Å². The number of nitrogens with one attached hydrogen (secondary N) is 1. The molecule has 4 nitrogen and oxygen atoms in total. The molecule has 0 aliphatic carbocycles. The molecule has 0 spiro atoms. The highest BCUT2D eigenvalue weighted by molar-refractivity contribution is 6.34. The third-order valence-corrected chi connectivity index (χ3v) is 4.07. The molecule has 1 amide bonds. The molecular weight excluding hydrogens is 323 g/mol. The first kappa shape index (κ1) is 19.1. The Morgan fingerprint density at radius 1 is 1.36 bits per heavy atom. The van der Waals surface area contributed by atoms with Crippen molar-refractivity contribution >= 4 is 29.1 Å². The summed E-state index contributed by atoms with van der Waals surface area (Å²) in [6, 6.07) is 4.92. The van der Waals surface area contributed by atoms with E-state index in [1.54, 1.807) is 18.2 Å². The van der Waals surface area contributed by atoms with Crippen LogP contribution in [0.1, 0.15) is 20.8 Å². The number of hydrogen-bond donors (Lipinski definition) is 1. The fourth-order valence-corrected chi connectivity index (χ4v) is 2.50. The quantitative estimate of drug-likeness (QED) is 0.821. The molecule has 6 heteroatoms. The summed E-state index contributed by atoms with van der Waals surface area (Å²) in [5.74, 6) is 0.222. The Labute approximate surface area is 142 Å². The lowest BCUT2D eigenvalue weighted by Crippen LogP contribution is -2.48. The predicted octanol–water partition coefficient (Wildman–Crippen LogP) is 3.46. The van der Waals surface area contributed by atoms with Gasteiger partial charge in [0.1, 0.15) is 5.75 Å². The number of nitrogens with zero attached hydrogens (tertiary/aromatic N) is 1. The van der Waals surface area contributed by atoms with E-state index in [4.69, 9.17) is 27.9 Å². The maximum absolute atomic E-state index is 12.0. The van der Waals surface area contributed by atoms with Gasteiger partial charge in [-0.2, -0.15) is 0 Å². The molecule has 0 saturated heterocycles. The molecule has 0 aromatic heterocycles. The van der Waals surface area contributed by atoms with E-state index >= 15 is 0 Å². The first-order valence-corrected chi connectivity index (χ1v) is 7.89. The maximum atomic E-state index is 12.0. The Hall–Kier alpha value is -0.970. The van der Waals surface area contributed by atoms with Crippen LogP contribution in [0.25, 0.3) is 0 Å². The summed E-state index contributed by atoms with van der Waals surface area (Å²) in [5, 5.41) is 3.91. The summed E-state index contributed by atoms with van der Waals surface area (Å²) in [6.45, 7) is 7.00. The number of benzene rings is 1. The SMILES string of the molecule is C[C@H](NC(=O)COc1cc(Cl)ccc1Cl)C(C)(C)CN(C)C. The van der Waals surface area contributed by atoms with Gasteiger partial charge < -0.3 is 15.0 Å². The van der Waals surface area contributed by atoms with Crippen molar-refractivity contribution in [3.63, 3.8) is 0 Å². The molecule has 0 aliphatic rings. The maximum Gasteiger partial charge on any atom is 0.258 e. The van der Waals surface area contributed by atoms with Gasteiger partial charge in [0.05, 0.1) is 5.02 Å². The van der Waals surface area contributed by atoms with Gasteiger partial charge in [0, 0.05) is 23.7 Å². The average molecular weight is 347 g/mol. The summed E-state index contributed by atoms with van der Waals surface area (Å²) >= 11 is 11.9. The fraction of sp³-hybridized carbons (Fsp3) is 0.562. The molecule has 0 saturated carbocycles. The highest BCUT2D eigenvalue weighted by Gasteiger charge is 2.27. The number of amides is 1. The van der Waals surface area contributed by atoms with Crippen LogP contribution in [0.15, 0.2) is 18.2 Å². The number of hydrogen-bond acceptors (Lipinski definition) is 3. The lowest BCUT2D eigenvalue weighted by Gasteiger charge is -2.34. The van der Waals surface area contributed by atoms with Crippen LogP contribution in [0.5, 0.6) is 5.75 Å². The van der Waals surface area contributed by atoms with Crippen molar-refractivity contribution in [1.82, 2.24) is 10.2 Å². The molecule has 0 radical (unpaired) electrons. The van der Waals surface area contributed by atoms with E-state index in [-0.39, 0.29) is 24.0 Å². The molecule has 0 bridgehead atoms. The lowest BCUT2D eigenvalue weighted by atomic mass is 9.85. The minimum absolute atomic E-state index is 0.0147. The Bertz CT molecular complexity index is 519. The van der Waals surface area contributed by atoms with Crippen LogP contribution in [0.3, 0.4) is 0 Å². The van der Waals surface area contributed by atoms with Gasteiger partial charge in [0.15, 0.2) is 6.61 Å². The van der Waals surface area contributed by atoms with Crippen molar-refractivity contribution in [2.45, 2.75) is 26.8 Å². The minimum Gasteiger partial charge on any atom is -0.482 e. The molecule has 1 aromatic rings. The van der Waals surface area contributed by atoms with Crippen molar-refractivity contribution in [1.29, 1.82) is 0 Å². The van der Waals surface area contributed by atoms with Gasteiger partial charge in [0.2, 0.25) is 0 Å². The molecular formula is C16H24Cl2N2O2. The van der Waals surface area contributed by atoms with E-state index in [2.05, 4.69) is 24.1 Å². The fourth-order valence-electron chi connectivity index (χ4n) is 2.16. The molecule has 22 heavy (non-hydrogen) atoms. The molecule has 1 atom stereocenters. The largest absolute Gasteiger partial charge is 0.482 e. The second kappa shape index (κ2) is 8.04. The lowest BCUT2D eigenvalue weighted by molar-refractivity contribution is -0.124. The van der Waals surface area contributed by atoms with Gasteiger partial charge in [-0.25, -0.2) is 0 Å². The molecule has 0 heterocycles. The third kappa shape index (κ3) is 6.03. The smallest absolute Gasteiger partial charge is 0.258 e. The van der Waals surface area contributed by atoms with E-state index in [0.29, 0.717) is 15.8 Å². The number of halogens is 2. The topological polar surface area (TPSA) is 41.6 Å². The van der Waals surface area contributed by atoms with Crippen LogP contribution in [0.4, 0.5) is 0 Å². The van der Waals surface area contributed by atoms with Crippen LogP contribution in [-0.2, 0) is 4.79 Å². The van der Waals surface area contributed by atoms with Gasteiger partial charge >= 0.3 is 0 Å². The average Bonchev–Trinajstić information content (AvgIpc) is 2.38. The summed E-state index contributed by atoms with van der Waals surface area (Å²) in [7, 11) is 4.03. The molecule has 124 valence electrons. The van der Waals surface area contributed by atoms with E-state index in [0.717, 1.165) is 6.54 Å². The Morgan fingerprint density at radius 3 is 2.59 bits per heavy atom. The zero-order valence-electron chi connectivity index (χ0n) is 13.7. The highest BCUT2D eigenvalue weighted by atomic mass is 35.5. The van der Waals surface area contributed by atoms with Crippen LogP contribution >= 0.6 is 23.2 Å². The van der Waals surface area contributed by atoms with Crippen LogP contribution in [-0.4, -0.2) is 44.1 Å². The summed E-state index contributed by atoms with van der Waals surface area (Å²) in [5.41, 5.74) is -0.0487. The summed E-state index contributed by atoms with van der Waals surface area (Å²) in [6.07, 6.45) is 0. The normalized spacial score (nSPS) is 13.1. The highest BCUT2D eigenvalue weighted by Crippen LogP contribution is 2.27. The second-order valence-corrected chi connectivity index (χ2v) is 7.22.